The summed E-state index contributed by atoms with van der Waals surface area (Å²) >= 11 is 1.45. The molecule has 2 aromatic heterocycles. The molecule has 1 aliphatic carbocycles. The van der Waals surface area contributed by atoms with Crippen LogP contribution in [0.2, 0.25) is 0 Å². The average Bonchev–Trinajstić information content (AvgIpc) is 2.99. The molecule has 25 heavy (non-hydrogen) atoms. The molecule has 1 N–H and O–H groups in total. The summed E-state index contributed by atoms with van der Waals surface area (Å²) in [5.74, 6) is 1.08. The summed E-state index contributed by atoms with van der Waals surface area (Å²) < 4.78 is 2.12. The lowest BCUT2D eigenvalue weighted by Gasteiger charge is -2.29. The second-order valence-corrected chi connectivity index (χ2v) is 8.02. The molecular formula is C18H25N5OS. The zero-order valence-corrected chi connectivity index (χ0v) is 15.7. The third-order valence-corrected chi connectivity index (χ3v) is 6.69. The van der Waals surface area contributed by atoms with E-state index in [4.69, 9.17) is 0 Å². The van der Waals surface area contributed by atoms with Gasteiger partial charge in [0.25, 0.3) is 5.91 Å². The van der Waals surface area contributed by atoms with E-state index in [1.807, 2.05) is 19.3 Å². The van der Waals surface area contributed by atoms with Crippen molar-refractivity contribution >= 4 is 17.2 Å². The number of amides is 1. The first-order valence-corrected chi connectivity index (χ1v) is 9.94. The Morgan fingerprint density at radius 2 is 2.24 bits per heavy atom. The zero-order chi connectivity index (χ0) is 17.4. The van der Waals surface area contributed by atoms with Crippen molar-refractivity contribution in [2.75, 3.05) is 13.1 Å². The topological polar surface area (TPSA) is 63.1 Å². The predicted molar refractivity (Wildman–Crippen MR) is 97.6 cm³/mol. The molecule has 2 fully saturated rings. The van der Waals surface area contributed by atoms with E-state index in [-0.39, 0.29) is 5.91 Å². The van der Waals surface area contributed by atoms with E-state index >= 15 is 0 Å². The summed E-state index contributed by atoms with van der Waals surface area (Å²) in [5, 5.41) is 3.44. The molecular weight excluding hydrogens is 334 g/mol. The van der Waals surface area contributed by atoms with Crippen LogP contribution < -0.4 is 5.32 Å². The number of carbonyl (C=O) groups excluding carboxylic acids is 1. The SMILES string of the molecule is CCn1ccnc1CN(C(=O)c1scnc1C)C1CC12CCNCC2. The van der Waals surface area contributed by atoms with Crippen LogP contribution in [0.15, 0.2) is 17.9 Å². The van der Waals surface area contributed by atoms with Gasteiger partial charge in [0, 0.05) is 25.0 Å². The highest BCUT2D eigenvalue weighted by Gasteiger charge is 2.58. The molecule has 4 rings (SSSR count). The molecule has 7 heteroatoms. The maximum absolute atomic E-state index is 13.3. The fourth-order valence-electron chi connectivity index (χ4n) is 4.12. The predicted octanol–water partition coefficient (Wildman–Crippen LogP) is 2.45. The second kappa shape index (κ2) is 6.53. The van der Waals surface area contributed by atoms with Gasteiger partial charge >= 0.3 is 0 Å². The van der Waals surface area contributed by atoms with Crippen molar-refractivity contribution in [1.82, 2.24) is 24.8 Å². The van der Waals surface area contributed by atoms with Crippen molar-refractivity contribution in [1.29, 1.82) is 0 Å². The monoisotopic (exact) mass is 359 g/mol. The van der Waals surface area contributed by atoms with Crippen molar-refractivity contribution in [2.45, 2.75) is 52.2 Å². The van der Waals surface area contributed by atoms with Gasteiger partial charge in [-0.15, -0.1) is 11.3 Å². The molecule has 0 radical (unpaired) electrons. The number of imidazole rings is 1. The van der Waals surface area contributed by atoms with Crippen molar-refractivity contribution in [2.24, 2.45) is 5.41 Å². The molecule has 0 aromatic carbocycles. The van der Waals surface area contributed by atoms with E-state index in [0.29, 0.717) is 18.0 Å². The first-order chi connectivity index (χ1) is 12.1. The highest BCUT2D eigenvalue weighted by Crippen LogP contribution is 2.56. The first kappa shape index (κ1) is 16.7. The molecule has 3 heterocycles. The van der Waals surface area contributed by atoms with Crippen LogP contribution in [0.5, 0.6) is 0 Å². The van der Waals surface area contributed by atoms with Gasteiger partial charge in [0.2, 0.25) is 0 Å². The van der Waals surface area contributed by atoms with E-state index in [9.17, 15) is 4.79 Å². The van der Waals surface area contributed by atoms with Crippen molar-refractivity contribution < 1.29 is 4.79 Å². The highest BCUT2D eigenvalue weighted by atomic mass is 32.1. The molecule has 0 bridgehead atoms. The minimum absolute atomic E-state index is 0.117. The van der Waals surface area contributed by atoms with E-state index in [2.05, 4.69) is 31.7 Å². The number of rotatable bonds is 5. The van der Waals surface area contributed by atoms with Crippen molar-refractivity contribution in [3.05, 3.63) is 34.3 Å². The summed E-state index contributed by atoms with van der Waals surface area (Å²) in [6, 6.07) is 0.325. The fourth-order valence-corrected chi connectivity index (χ4v) is 4.88. The van der Waals surface area contributed by atoms with Gasteiger partial charge in [0.15, 0.2) is 0 Å². The van der Waals surface area contributed by atoms with Gasteiger partial charge < -0.3 is 14.8 Å². The number of hydrogen-bond acceptors (Lipinski definition) is 5. The molecule has 2 aromatic rings. The summed E-state index contributed by atoms with van der Waals surface area (Å²) in [5.41, 5.74) is 2.91. The number of hydrogen-bond donors (Lipinski definition) is 1. The lowest BCUT2D eigenvalue weighted by molar-refractivity contribution is 0.0689. The Bertz CT molecular complexity index is 761. The molecule has 1 atom stereocenters. The van der Waals surface area contributed by atoms with Gasteiger partial charge in [-0.05, 0) is 51.6 Å². The lowest BCUT2D eigenvalue weighted by atomic mass is 9.93. The molecule has 134 valence electrons. The molecule has 1 unspecified atom stereocenters. The molecule has 2 aliphatic rings. The third-order valence-electron chi connectivity index (χ3n) is 5.78. The maximum Gasteiger partial charge on any atom is 0.266 e. The number of nitrogens with zero attached hydrogens (tertiary/aromatic N) is 4. The number of nitrogens with one attached hydrogen (secondary N) is 1. The van der Waals surface area contributed by atoms with E-state index < -0.39 is 0 Å². The van der Waals surface area contributed by atoms with Crippen LogP contribution in [0.3, 0.4) is 0 Å². The second-order valence-electron chi connectivity index (χ2n) is 7.16. The number of aromatic nitrogens is 3. The fraction of sp³-hybridized carbons (Fsp3) is 0.611. The standard InChI is InChI=1S/C18H25N5OS/c1-3-22-9-8-20-15(22)11-23(17(24)16-13(2)21-12-25-16)14-10-18(14)4-6-19-7-5-18/h8-9,12,14,19H,3-7,10-11H2,1-2H3. The summed E-state index contributed by atoms with van der Waals surface area (Å²) in [6.07, 6.45) is 7.25. The van der Waals surface area contributed by atoms with Crippen LogP contribution in [-0.2, 0) is 13.1 Å². The van der Waals surface area contributed by atoms with E-state index in [1.54, 1.807) is 5.51 Å². The van der Waals surface area contributed by atoms with Gasteiger partial charge in [0.05, 0.1) is 17.7 Å². The van der Waals surface area contributed by atoms with E-state index in [1.165, 1.54) is 11.3 Å². The Labute approximate surface area is 152 Å². The molecule has 1 amide bonds. The molecule has 1 spiro atoms. The van der Waals surface area contributed by atoms with Crippen LogP contribution in [0.4, 0.5) is 0 Å². The van der Waals surface area contributed by atoms with Crippen LogP contribution in [0, 0.1) is 12.3 Å². The Morgan fingerprint density at radius 3 is 2.92 bits per heavy atom. The zero-order valence-electron chi connectivity index (χ0n) is 14.9. The number of carbonyl (C=O) groups is 1. The van der Waals surface area contributed by atoms with Crippen molar-refractivity contribution in [3.8, 4) is 0 Å². The van der Waals surface area contributed by atoms with Crippen molar-refractivity contribution in [3.63, 3.8) is 0 Å². The molecule has 1 saturated heterocycles. The van der Waals surface area contributed by atoms with E-state index in [0.717, 1.165) is 55.3 Å². The number of thiazole rings is 1. The third kappa shape index (κ3) is 3.00. The Morgan fingerprint density at radius 1 is 1.44 bits per heavy atom. The molecule has 1 saturated carbocycles. The van der Waals surface area contributed by atoms with Crippen LogP contribution in [0.1, 0.15) is 47.4 Å². The molecule has 6 nitrogen and oxygen atoms in total. The quantitative estimate of drug-likeness (QED) is 0.891. The molecule has 1 aliphatic heterocycles. The Kier molecular flexibility index (Phi) is 4.37. The van der Waals surface area contributed by atoms with Gasteiger partial charge in [-0.2, -0.15) is 0 Å². The lowest BCUT2D eigenvalue weighted by Crippen LogP contribution is -2.39. The largest absolute Gasteiger partial charge is 0.334 e. The van der Waals surface area contributed by atoms with Crippen LogP contribution >= 0.6 is 11.3 Å². The van der Waals surface area contributed by atoms with Gasteiger partial charge in [0.1, 0.15) is 10.7 Å². The van der Waals surface area contributed by atoms with Crippen LogP contribution in [-0.4, -0.2) is 44.5 Å². The van der Waals surface area contributed by atoms with Gasteiger partial charge in [-0.3, -0.25) is 4.79 Å². The first-order valence-electron chi connectivity index (χ1n) is 9.06. The summed E-state index contributed by atoms with van der Waals surface area (Å²) in [4.78, 5) is 24.9. The highest BCUT2D eigenvalue weighted by molar-refractivity contribution is 7.11. The minimum atomic E-state index is 0.117. The minimum Gasteiger partial charge on any atom is -0.334 e. The number of aryl methyl sites for hydroxylation is 2. The van der Waals surface area contributed by atoms with Crippen LogP contribution in [0.25, 0.3) is 0 Å². The Hall–Kier alpha value is -1.73. The van der Waals surface area contributed by atoms with Gasteiger partial charge in [-0.1, -0.05) is 0 Å². The maximum atomic E-state index is 13.3. The average molecular weight is 359 g/mol. The summed E-state index contributed by atoms with van der Waals surface area (Å²) in [7, 11) is 0. The smallest absolute Gasteiger partial charge is 0.266 e. The Balaban J connectivity index is 1.62. The normalized spacial score (nSPS) is 21.4. The number of piperidine rings is 1. The van der Waals surface area contributed by atoms with Gasteiger partial charge in [-0.25, -0.2) is 9.97 Å². The summed E-state index contributed by atoms with van der Waals surface area (Å²) in [6.45, 7) is 7.59.